The van der Waals surface area contributed by atoms with Gasteiger partial charge < -0.3 is 5.32 Å². The highest BCUT2D eigenvalue weighted by Crippen LogP contribution is 2.33. The van der Waals surface area contributed by atoms with Gasteiger partial charge in [0.2, 0.25) is 5.91 Å². The molecule has 1 aliphatic carbocycles. The van der Waals surface area contributed by atoms with Crippen molar-refractivity contribution in [1.82, 2.24) is 19.3 Å². The van der Waals surface area contributed by atoms with E-state index in [0.29, 0.717) is 12.4 Å². The normalized spacial score (nSPS) is 13.8. The fraction of sp³-hybridized carbons (Fsp3) is 0.412. The molecule has 130 valence electrons. The highest BCUT2D eigenvalue weighted by molar-refractivity contribution is 7.18. The Balaban J connectivity index is 1.52. The first kappa shape index (κ1) is 16.0. The summed E-state index contributed by atoms with van der Waals surface area (Å²) in [6.07, 6.45) is 7.83. The number of hydrogen-bond donors (Lipinski definition) is 1. The molecule has 3 heterocycles. The van der Waals surface area contributed by atoms with Crippen LogP contribution >= 0.6 is 11.3 Å². The summed E-state index contributed by atoms with van der Waals surface area (Å²) in [5.41, 5.74) is 1.14. The number of aryl methyl sites for hydroxylation is 4. The van der Waals surface area contributed by atoms with Gasteiger partial charge in [0.15, 0.2) is 5.82 Å². The lowest BCUT2D eigenvalue weighted by molar-refractivity contribution is -0.116. The summed E-state index contributed by atoms with van der Waals surface area (Å²) in [5, 5.41) is 7.60. The Morgan fingerprint density at radius 1 is 1.36 bits per heavy atom. The minimum atomic E-state index is -0.168. The Labute approximate surface area is 148 Å². The molecular formula is C17H19N5O2S. The zero-order valence-corrected chi connectivity index (χ0v) is 14.8. The summed E-state index contributed by atoms with van der Waals surface area (Å²) in [6.45, 7) is 0.311. The predicted molar refractivity (Wildman–Crippen MR) is 97.0 cm³/mol. The van der Waals surface area contributed by atoms with E-state index in [4.69, 9.17) is 0 Å². The van der Waals surface area contributed by atoms with Gasteiger partial charge in [-0.05, 0) is 31.2 Å². The van der Waals surface area contributed by atoms with Crippen molar-refractivity contribution in [2.45, 2.75) is 38.6 Å². The minimum Gasteiger partial charge on any atom is -0.309 e. The van der Waals surface area contributed by atoms with Gasteiger partial charge in [-0.1, -0.05) is 0 Å². The van der Waals surface area contributed by atoms with E-state index in [1.165, 1.54) is 16.9 Å². The summed E-state index contributed by atoms with van der Waals surface area (Å²) in [4.78, 5) is 31.5. The SMILES string of the molecule is Cn1ccc(NC(=O)CCn2cnc3sc4c(c3c2=O)CCCC4)n1. The minimum absolute atomic E-state index is 0.0324. The van der Waals surface area contributed by atoms with E-state index in [1.807, 2.05) is 0 Å². The maximum Gasteiger partial charge on any atom is 0.262 e. The number of fused-ring (bicyclic) bond motifs is 3. The number of amides is 1. The second-order valence-electron chi connectivity index (χ2n) is 6.31. The zero-order valence-electron chi connectivity index (χ0n) is 14.0. The maximum absolute atomic E-state index is 12.8. The van der Waals surface area contributed by atoms with Crippen LogP contribution in [0, 0.1) is 0 Å². The first-order valence-electron chi connectivity index (χ1n) is 8.41. The Morgan fingerprint density at radius 2 is 2.20 bits per heavy atom. The van der Waals surface area contributed by atoms with Gasteiger partial charge in [0.1, 0.15) is 4.83 Å². The van der Waals surface area contributed by atoms with Crippen LogP contribution in [0.1, 0.15) is 29.7 Å². The number of rotatable bonds is 4. The summed E-state index contributed by atoms with van der Waals surface area (Å²) in [5.74, 6) is 0.346. The van der Waals surface area contributed by atoms with Crippen molar-refractivity contribution >= 4 is 33.3 Å². The van der Waals surface area contributed by atoms with Crippen molar-refractivity contribution in [3.63, 3.8) is 0 Å². The molecule has 3 aromatic rings. The van der Waals surface area contributed by atoms with Crippen LogP contribution in [0.5, 0.6) is 0 Å². The standard InChI is InChI=1S/C17H19N5O2S/c1-21-8-6-13(20-21)19-14(23)7-9-22-10-18-16-15(17(22)24)11-4-2-3-5-12(11)25-16/h6,8,10H,2-5,7,9H2,1H3,(H,19,20,23). The lowest BCUT2D eigenvalue weighted by Crippen LogP contribution is -2.24. The first-order valence-corrected chi connectivity index (χ1v) is 9.22. The molecule has 0 saturated heterocycles. The Hall–Kier alpha value is -2.48. The van der Waals surface area contributed by atoms with Gasteiger partial charge in [0.25, 0.3) is 5.56 Å². The van der Waals surface area contributed by atoms with E-state index >= 15 is 0 Å². The molecule has 3 aromatic heterocycles. The fourth-order valence-electron chi connectivity index (χ4n) is 3.25. The van der Waals surface area contributed by atoms with Gasteiger partial charge in [-0.2, -0.15) is 5.10 Å². The molecule has 7 nitrogen and oxygen atoms in total. The number of nitrogens with zero attached hydrogens (tertiary/aromatic N) is 4. The van der Waals surface area contributed by atoms with Crippen molar-refractivity contribution in [2.75, 3.05) is 5.32 Å². The number of nitrogens with one attached hydrogen (secondary N) is 1. The monoisotopic (exact) mass is 357 g/mol. The molecule has 0 saturated carbocycles. The average molecular weight is 357 g/mol. The second kappa shape index (κ2) is 6.44. The summed E-state index contributed by atoms with van der Waals surface area (Å²) >= 11 is 1.64. The quantitative estimate of drug-likeness (QED) is 0.775. The third-order valence-electron chi connectivity index (χ3n) is 4.50. The Bertz CT molecular complexity index is 1000. The topological polar surface area (TPSA) is 81.8 Å². The van der Waals surface area contributed by atoms with Crippen molar-refractivity contribution in [1.29, 1.82) is 0 Å². The van der Waals surface area contributed by atoms with E-state index in [2.05, 4.69) is 15.4 Å². The van der Waals surface area contributed by atoms with Gasteiger partial charge in [0.05, 0.1) is 11.7 Å². The molecule has 0 atom stereocenters. The molecule has 25 heavy (non-hydrogen) atoms. The van der Waals surface area contributed by atoms with E-state index in [-0.39, 0.29) is 17.9 Å². The molecule has 0 aromatic carbocycles. The first-order chi connectivity index (χ1) is 12.1. The summed E-state index contributed by atoms with van der Waals surface area (Å²) < 4.78 is 3.17. The molecule has 8 heteroatoms. The number of hydrogen-bond acceptors (Lipinski definition) is 5. The predicted octanol–water partition coefficient (Wildman–Crippen LogP) is 2.10. The lowest BCUT2D eigenvalue weighted by atomic mass is 9.97. The van der Waals surface area contributed by atoms with Crippen molar-refractivity contribution < 1.29 is 4.79 Å². The molecule has 4 rings (SSSR count). The molecule has 0 spiro atoms. The van der Waals surface area contributed by atoms with Crippen LogP contribution in [-0.4, -0.2) is 25.2 Å². The molecule has 1 aliphatic rings. The largest absolute Gasteiger partial charge is 0.309 e. The van der Waals surface area contributed by atoms with Crippen LogP contribution in [0.2, 0.25) is 0 Å². The highest BCUT2D eigenvalue weighted by atomic mass is 32.1. The van der Waals surface area contributed by atoms with Gasteiger partial charge in [-0.3, -0.25) is 18.8 Å². The zero-order chi connectivity index (χ0) is 17.4. The van der Waals surface area contributed by atoms with Crippen molar-refractivity contribution in [3.8, 4) is 0 Å². The fourth-order valence-corrected chi connectivity index (χ4v) is 4.47. The average Bonchev–Trinajstić information content (AvgIpc) is 3.17. The van der Waals surface area contributed by atoms with E-state index in [1.54, 1.807) is 46.2 Å². The Kier molecular flexibility index (Phi) is 4.12. The summed E-state index contributed by atoms with van der Waals surface area (Å²) in [7, 11) is 1.79. The van der Waals surface area contributed by atoms with E-state index < -0.39 is 0 Å². The van der Waals surface area contributed by atoms with Crippen LogP contribution in [0.4, 0.5) is 5.82 Å². The smallest absolute Gasteiger partial charge is 0.262 e. The van der Waals surface area contributed by atoms with Crippen LogP contribution < -0.4 is 10.9 Å². The number of anilines is 1. The molecule has 0 radical (unpaired) electrons. The van der Waals surface area contributed by atoms with Gasteiger partial charge >= 0.3 is 0 Å². The number of carbonyl (C=O) groups excluding carboxylic acids is 1. The molecule has 0 unspecified atom stereocenters. The number of aromatic nitrogens is 4. The third kappa shape index (κ3) is 3.09. The van der Waals surface area contributed by atoms with Gasteiger partial charge in [0, 0.05) is 37.2 Å². The lowest BCUT2D eigenvalue weighted by Gasteiger charge is -2.10. The van der Waals surface area contributed by atoms with E-state index in [9.17, 15) is 9.59 Å². The molecule has 0 fully saturated rings. The number of carbonyl (C=O) groups is 1. The van der Waals surface area contributed by atoms with Crippen LogP contribution in [0.25, 0.3) is 10.2 Å². The summed E-state index contributed by atoms with van der Waals surface area (Å²) in [6, 6.07) is 1.73. The van der Waals surface area contributed by atoms with E-state index in [0.717, 1.165) is 29.5 Å². The maximum atomic E-state index is 12.8. The molecule has 0 aliphatic heterocycles. The van der Waals surface area contributed by atoms with Gasteiger partial charge in [-0.15, -0.1) is 11.3 Å². The molecule has 1 N–H and O–H groups in total. The number of thiophene rings is 1. The molecule has 1 amide bonds. The second-order valence-corrected chi connectivity index (χ2v) is 7.39. The third-order valence-corrected chi connectivity index (χ3v) is 5.70. The van der Waals surface area contributed by atoms with Crippen LogP contribution in [0.15, 0.2) is 23.4 Å². The highest BCUT2D eigenvalue weighted by Gasteiger charge is 2.20. The molecular weight excluding hydrogens is 338 g/mol. The van der Waals surface area contributed by atoms with Crippen LogP contribution in [0.3, 0.4) is 0 Å². The Morgan fingerprint density at radius 3 is 3.00 bits per heavy atom. The van der Waals surface area contributed by atoms with Crippen molar-refractivity contribution in [2.24, 2.45) is 7.05 Å². The van der Waals surface area contributed by atoms with Crippen LogP contribution in [-0.2, 0) is 31.2 Å². The molecule has 0 bridgehead atoms. The van der Waals surface area contributed by atoms with Gasteiger partial charge in [-0.25, -0.2) is 4.98 Å². The van der Waals surface area contributed by atoms with Crippen molar-refractivity contribution in [3.05, 3.63) is 39.4 Å².